The van der Waals surface area contributed by atoms with Crippen molar-refractivity contribution in [2.75, 3.05) is 26.6 Å². The van der Waals surface area contributed by atoms with Gasteiger partial charge in [-0.05, 0) is 40.6 Å². The van der Waals surface area contributed by atoms with Gasteiger partial charge in [0.05, 0.1) is 46.8 Å². The molecule has 0 bridgehead atoms. The van der Waals surface area contributed by atoms with E-state index in [-0.39, 0.29) is 33.0 Å². The second-order valence-corrected chi connectivity index (χ2v) is 16.8. The molecule has 0 N–H and O–H groups in total. The first kappa shape index (κ1) is 45.9. The average Bonchev–Trinajstić information content (AvgIpc) is 3.34. The molecule has 0 spiro atoms. The predicted molar refractivity (Wildman–Crippen MR) is 239 cm³/mol. The quantitative estimate of drug-likeness (QED) is 0.0742. The van der Waals surface area contributed by atoms with Gasteiger partial charge in [-0.25, -0.2) is 0 Å². The standard InChI is InChI=1S/C51H56O12S/c1-34(52)59-47-45(56-30-37-20-12-6-13-21-37)43(55-29-36-18-10-5-11-19-36)41(32-54-28-35-16-8-4-9-17-35)60-50(47)63-46-44-42(33-58-49(62-44)39-22-14-7-15-23-39)61-51(64-3)48(46)57-31-38-24-26-40(53-2)27-25-38/h4-27,41-51H,28-33H2,1-3H3/t41-,42-,43-,44-,45+,46+,47+,48+,49?,50-,51-/m1/s1. The fraction of sp³-hybridized carbons (Fsp3) is 0.392. The van der Waals surface area contributed by atoms with E-state index in [9.17, 15) is 4.79 Å². The number of carbonyl (C=O) groups is 1. The Bertz CT molecular complexity index is 2130. The maximum Gasteiger partial charge on any atom is 0.303 e. The number of hydrogen-bond donors (Lipinski definition) is 0. The van der Waals surface area contributed by atoms with E-state index >= 15 is 0 Å². The van der Waals surface area contributed by atoms with E-state index in [4.69, 9.17) is 52.1 Å². The van der Waals surface area contributed by atoms with Crippen molar-refractivity contribution in [2.45, 2.75) is 100 Å². The Morgan fingerprint density at radius 2 is 1.16 bits per heavy atom. The molecule has 3 saturated heterocycles. The van der Waals surface area contributed by atoms with E-state index in [2.05, 4.69) is 0 Å². The molecule has 0 amide bonds. The van der Waals surface area contributed by atoms with Crippen molar-refractivity contribution in [3.8, 4) is 5.75 Å². The minimum Gasteiger partial charge on any atom is -0.497 e. The second-order valence-electron chi connectivity index (χ2n) is 15.8. The lowest BCUT2D eigenvalue weighted by molar-refractivity contribution is -0.374. The largest absolute Gasteiger partial charge is 0.497 e. The van der Waals surface area contributed by atoms with Crippen LogP contribution in [0.15, 0.2) is 146 Å². The number of esters is 1. The second kappa shape index (κ2) is 23.0. The summed E-state index contributed by atoms with van der Waals surface area (Å²) in [6, 6.07) is 47.0. The number of ether oxygens (including phenoxy) is 11. The van der Waals surface area contributed by atoms with Gasteiger partial charge in [0, 0.05) is 12.5 Å². The Morgan fingerprint density at radius 1 is 0.609 bits per heavy atom. The third-order valence-corrected chi connectivity index (χ3v) is 12.2. The van der Waals surface area contributed by atoms with Crippen LogP contribution in [0.1, 0.15) is 41.0 Å². The molecule has 5 aromatic rings. The summed E-state index contributed by atoms with van der Waals surface area (Å²) in [4.78, 5) is 13.2. The maximum absolute atomic E-state index is 13.2. The summed E-state index contributed by atoms with van der Waals surface area (Å²) in [7, 11) is 1.63. The van der Waals surface area contributed by atoms with Crippen molar-refractivity contribution in [3.05, 3.63) is 173 Å². The van der Waals surface area contributed by atoms with Crippen LogP contribution in [0.5, 0.6) is 5.75 Å². The lowest BCUT2D eigenvalue weighted by Gasteiger charge is -2.51. The minimum absolute atomic E-state index is 0.108. The average molecular weight is 893 g/mol. The van der Waals surface area contributed by atoms with Crippen molar-refractivity contribution in [1.82, 2.24) is 0 Å². The maximum atomic E-state index is 13.2. The van der Waals surface area contributed by atoms with Gasteiger partial charge in [0.15, 0.2) is 18.7 Å². The molecule has 5 aromatic carbocycles. The number of thioether (sulfide) groups is 1. The topological polar surface area (TPSA) is 119 Å². The van der Waals surface area contributed by atoms with Crippen LogP contribution in [0.3, 0.4) is 0 Å². The molecule has 64 heavy (non-hydrogen) atoms. The molecule has 13 heteroatoms. The zero-order valence-corrected chi connectivity index (χ0v) is 37.1. The fourth-order valence-corrected chi connectivity index (χ4v) is 8.90. The molecule has 0 radical (unpaired) electrons. The number of hydrogen-bond acceptors (Lipinski definition) is 13. The van der Waals surface area contributed by atoms with Crippen LogP contribution in [0.4, 0.5) is 0 Å². The number of fused-ring (bicyclic) bond motifs is 1. The van der Waals surface area contributed by atoms with Gasteiger partial charge < -0.3 is 52.1 Å². The van der Waals surface area contributed by atoms with Crippen LogP contribution < -0.4 is 4.74 Å². The van der Waals surface area contributed by atoms with Crippen LogP contribution in [0.25, 0.3) is 0 Å². The Kier molecular flexibility index (Phi) is 16.5. The highest BCUT2D eigenvalue weighted by molar-refractivity contribution is 7.99. The highest BCUT2D eigenvalue weighted by atomic mass is 32.2. The van der Waals surface area contributed by atoms with Gasteiger partial charge in [-0.1, -0.05) is 133 Å². The first-order valence-electron chi connectivity index (χ1n) is 21.6. The molecule has 0 saturated carbocycles. The van der Waals surface area contributed by atoms with E-state index in [1.165, 1.54) is 18.7 Å². The molecule has 0 aliphatic carbocycles. The summed E-state index contributed by atoms with van der Waals surface area (Å²) in [6.45, 7) is 2.70. The molecule has 338 valence electrons. The third-order valence-electron chi connectivity index (χ3n) is 11.3. The van der Waals surface area contributed by atoms with Crippen LogP contribution in [-0.2, 0) is 78.6 Å². The summed E-state index contributed by atoms with van der Waals surface area (Å²) < 4.78 is 72.4. The summed E-state index contributed by atoms with van der Waals surface area (Å²) in [5.41, 5.74) is 4.15. The molecule has 3 aliphatic rings. The number of benzene rings is 5. The van der Waals surface area contributed by atoms with Gasteiger partial charge in [-0.3, -0.25) is 4.79 Å². The van der Waals surface area contributed by atoms with Gasteiger partial charge in [0.25, 0.3) is 0 Å². The van der Waals surface area contributed by atoms with Gasteiger partial charge in [0.1, 0.15) is 53.9 Å². The van der Waals surface area contributed by atoms with Crippen LogP contribution in [0.2, 0.25) is 0 Å². The normalized spacial score (nSPS) is 27.9. The lowest BCUT2D eigenvalue weighted by atomic mass is 9.95. The fourth-order valence-electron chi connectivity index (χ4n) is 8.15. The monoisotopic (exact) mass is 892 g/mol. The van der Waals surface area contributed by atoms with E-state index in [1.807, 2.05) is 152 Å². The summed E-state index contributed by atoms with van der Waals surface area (Å²) >= 11 is 1.50. The molecule has 3 aliphatic heterocycles. The molecular weight excluding hydrogens is 837 g/mol. The predicted octanol–water partition coefficient (Wildman–Crippen LogP) is 8.21. The molecule has 3 fully saturated rings. The zero-order valence-electron chi connectivity index (χ0n) is 36.3. The molecule has 3 heterocycles. The number of rotatable bonds is 19. The van der Waals surface area contributed by atoms with Gasteiger partial charge in [0.2, 0.25) is 0 Å². The molecule has 0 aromatic heterocycles. The Labute approximate surface area is 379 Å². The third kappa shape index (κ3) is 12.0. The van der Waals surface area contributed by atoms with E-state index in [0.29, 0.717) is 6.61 Å². The zero-order chi connectivity index (χ0) is 44.1. The van der Waals surface area contributed by atoms with Gasteiger partial charge in [-0.2, -0.15) is 0 Å². The smallest absolute Gasteiger partial charge is 0.303 e. The highest BCUT2D eigenvalue weighted by Gasteiger charge is 2.56. The van der Waals surface area contributed by atoms with Crippen LogP contribution >= 0.6 is 11.8 Å². The van der Waals surface area contributed by atoms with Crippen molar-refractivity contribution < 1.29 is 56.9 Å². The van der Waals surface area contributed by atoms with Crippen molar-refractivity contribution in [2.24, 2.45) is 0 Å². The molecule has 1 unspecified atom stereocenters. The van der Waals surface area contributed by atoms with E-state index in [1.54, 1.807) is 7.11 Å². The minimum atomic E-state index is -1.20. The van der Waals surface area contributed by atoms with Gasteiger partial charge in [-0.15, -0.1) is 11.8 Å². The van der Waals surface area contributed by atoms with Crippen molar-refractivity contribution >= 4 is 17.7 Å². The Balaban J connectivity index is 1.16. The number of methoxy groups -OCH3 is 1. The Morgan fingerprint density at radius 3 is 1.73 bits per heavy atom. The first-order chi connectivity index (χ1) is 31.4. The van der Waals surface area contributed by atoms with Crippen molar-refractivity contribution in [1.29, 1.82) is 0 Å². The summed E-state index contributed by atoms with van der Waals surface area (Å²) in [5.74, 6) is 0.198. The molecule has 12 nitrogen and oxygen atoms in total. The highest BCUT2D eigenvalue weighted by Crippen LogP contribution is 2.41. The molecular formula is C51H56O12S. The first-order valence-corrected chi connectivity index (χ1v) is 22.9. The summed E-state index contributed by atoms with van der Waals surface area (Å²) in [5, 5.41) is 0. The number of carbonyl (C=O) groups excluding carboxylic acids is 1. The van der Waals surface area contributed by atoms with E-state index < -0.39 is 72.8 Å². The van der Waals surface area contributed by atoms with Gasteiger partial charge >= 0.3 is 5.97 Å². The Hall–Kier alpha value is -4.64. The van der Waals surface area contributed by atoms with Crippen molar-refractivity contribution in [3.63, 3.8) is 0 Å². The van der Waals surface area contributed by atoms with E-state index in [0.717, 1.165) is 33.6 Å². The summed E-state index contributed by atoms with van der Waals surface area (Å²) in [6.07, 6.45) is -6.20. The SMILES string of the molecule is COc1ccc(CO[C@H]2[C@@H](O[C@H]3O[C@H](COCc4ccccc4)[C@@H](OCc4ccccc4)[C@H](OCc4ccccc4)[C@@H]3OC(C)=O)[C@@H]3OC(c4ccccc4)OC[C@H]3O[C@@H]2SC)cc1. The molecule has 8 rings (SSSR count). The van der Waals surface area contributed by atoms with Crippen LogP contribution in [-0.4, -0.2) is 93.1 Å². The van der Waals surface area contributed by atoms with Crippen LogP contribution in [0, 0.1) is 0 Å². The molecule has 11 atom stereocenters. The lowest BCUT2D eigenvalue weighted by Crippen LogP contribution is -2.67.